The van der Waals surface area contributed by atoms with Crippen molar-refractivity contribution < 1.29 is 18.0 Å². The highest BCUT2D eigenvalue weighted by Gasteiger charge is 2.37. The fourth-order valence-electron chi connectivity index (χ4n) is 3.96. The lowest BCUT2D eigenvalue weighted by Crippen LogP contribution is -2.48. The zero-order valence-electron chi connectivity index (χ0n) is 19.3. The zero-order valence-corrected chi connectivity index (χ0v) is 19.3. The first-order valence-corrected chi connectivity index (χ1v) is 11.0. The molecule has 0 aliphatic carbocycles. The number of amides is 1. The highest BCUT2D eigenvalue weighted by atomic mass is 19.4. The average molecular weight is 460 g/mol. The van der Waals surface area contributed by atoms with Crippen molar-refractivity contribution in [2.45, 2.75) is 45.8 Å². The number of fused-ring (bicyclic) bond motifs is 1. The van der Waals surface area contributed by atoms with Crippen LogP contribution in [-0.2, 0) is 18.1 Å². The molecular weight excluding hydrogens is 431 g/mol. The van der Waals surface area contributed by atoms with Crippen LogP contribution in [0.4, 0.5) is 13.2 Å². The maximum Gasteiger partial charge on any atom is 0.433 e. The lowest BCUT2D eigenvalue weighted by atomic mass is 9.91. The molecule has 1 amide bonds. The van der Waals surface area contributed by atoms with Crippen molar-refractivity contribution in [3.8, 4) is 0 Å². The largest absolute Gasteiger partial charge is 0.433 e. The molecule has 0 saturated carbocycles. The predicted octanol–water partition coefficient (Wildman–Crippen LogP) is 4.31. The lowest BCUT2D eigenvalue weighted by Gasteiger charge is -2.34. The van der Waals surface area contributed by atoms with E-state index in [1.54, 1.807) is 25.7 Å². The fraction of sp³-hybridized carbons (Fsp3) is 0.458. The maximum absolute atomic E-state index is 13.7. The molecule has 0 unspecified atom stereocenters. The number of carbonyl (C=O) groups is 1. The number of piperazine rings is 1. The molecule has 9 heteroatoms. The van der Waals surface area contributed by atoms with E-state index in [4.69, 9.17) is 0 Å². The fourth-order valence-corrected chi connectivity index (χ4v) is 3.96. The first-order valence-electron chi connectivity index (χ1n) is 11.0. The molecule has 3 aromatic rings. The second kappa shape index (κ2) is 8.44. The summed E-state index contributed by atoms with van der Waals surface area (Å²) in [4.78, 5) is 21.3. The summed E-state index contributed by atoms with van der Waals surface area (Å²) in [6.07, 6.45) is -4.62. The number of hydrogen-bond acceptors (Lipinski definition) is 4. The van der Waals surface area contributed by atoms with Gasteiger partial charge in [0.15, 0.2) is 11.3 Å². The van der Waals surface area contributed by atoms with E-state index in [9.17, 15) is 18.0 Å². The van der Waals surface area contributed by atoms with Gasteiger partial charge in [0.05, 0.1) is 5.69 Å². The van der Waals surface area contributed by atoms with Gasteiger partial charge in [0.2, 0.25) is 0 Å². The van der Waals surface area contributed by atoms with Crippen LogP contribution in [0.5, 0.6) is 0 Å². The second-order valence-corrected chi connectivity index (χ2v) is 9.57. The summed E-state index contributed by atoms with van der Waals surface area (Å²) in [5, 5.41) is 4.01. The maximum atomic E-state index is 13.7. The Morgan fingerprint density at radius 1 is 1.03 bits per heavy atom. The summed E-state index contributed by atoms with van der Waals surface area (Å²) in [6, 6.07) is 10.6. The van der Waals surface area contributed by atoms with Gasteiger partial charge in [-0.05, 0) is 24.1 Å². The molecule has 4 rings (SSSR count). The molecule has 0 radical (unpaired) electrons. The van der Waals surface area contributed by atoms with Crippen LogP contribution < -0.4 is 0 Å². The minimum Gasteiger partial charge on any atom is -0.335 e. The van der Waals surface area contributed by atoms with Gasteiger partial charge < -0.3 is 4.90 Å². The SMILES string of the molecule is Cc1ccccc1CN1CCN(C(=O)c2cc3nc(C(C)(C)C)cc(C(F)(F)F)n3n2)CC1. The van der Waals surface area contributed by atoms with Gasteiger partial charge in [-0.15, -0.1) is 0 Å². The van der Waals surface area contributed by atoms with Crippen molar-refractivity contribution in [2.24, 2.45) is 0 Å². The zero-order chi connectivity index (χ0) is 24.0. The predicted molar refractivity (Wildman–Crippen MR) is 119 cm³/mol. The van der Waals surface area contributed by atoms with E-state index in [1.165, 1.54) is 17.2 Å². The van der Waals surface area contributed by atoms with Gasteiger partial charge >= 0.3 is 6.18 Å². The van der Waals surface area contributed by atoms with E-state index in [2.05, 4.69) is 34.0 Å². The molecule has 2 aromatic heterocycles. The van der Waals surface area contributed by atoms with E-state index in [0.29, 0.717) is 31.9 Å². The third-order valence-corrected chi connectivity index (χ3v) is 6.02. The van der Waals surface area contributed by atoms with Crippen LogP contribution in [0, 0.1) is 6.92 Å². The van der Waals surface area contributed by atoms with Crippen molar-refractivity contribution in [2.75, 3.05) is 26.2 Å². The van der Waals surface area contributed by atoms with Crippen LogP contribution in [-0.4, -0.2) is 56.5 Å². The summed E-state index contributed by atoms with van der Waals surface area (Å²) >= 11 is 0. The molecule has 3 heterocycles. The number of rotatable bonds is 3. The van der Waals surface area contributed by atoms with Crippen molar-refractivity contribution in [1.82, 2.24) is 24.4 Å². The van der Waals surface area contributed by atoms with E-state index < -0.39 is 17.3 Å². The summed E-state index contributed by atoms with van der Waals surface area (Å²) in [5.41, 5.74) is 1.26. The second-order valence-electron chi connectivity index (χ2n) is 9.57. The molecule has 1 aliphatic rings. The van der Waals surface area contributed by atoms with E-state index in [1.807, 2.05) is 12.1 Å². The van der Waals surface area contributed by atoms with Gasteiger partial charge in [-0.3, -0.25) is 9.69 Å². The molecule has 176 valence electrons. The number of nitrogens with zero attached hydrogens (tertiary/aromatic N) is 5. The number of hydrogen-bond donors (Lipinski definition) is 0. The highest BCUT2D eigenvalue weighted by molar-refractivity contribution is 5.93. The molecule has 1 fully saturated rings. The van der Waals surface area contributed by atoms with Crippen LogP contribution >= 0.6 is 0 Å². The summed E-state index contributed by atoms with van der Waals surface area (Å²) in [5.74, 6) is -0.374. The topological polar surface area (TPSA) is 53.7 Å². The summed E-state index contributed by atoms with van der Waals surface area (Å²) < 4.78 is 41.9. The van der Waals surface area contributed by atoms with Crippen molar-refractivity contribution in [1.29, 1.82) is 0 Å². The van der Waals surface area contributed by atoms with E-state index in [-0.39, 0.29) is 17.2 Å². The third kappa shape index (κ3) is 4.88. The highest BCUT2D eigenvalue weighted by Crippen LogP contribution is 2.32. The minimum absolute atomic E-state index is 0.0218. The number of aromatic nitrogens is 3. The third-order valence-electron chi connectivity index (χ3n) is 6.02. The quantitative estimate of drug-likeness (QED) is 0.586. The standard InChI is InChI=1S/C24H28F3N5O/c1-16-7-5-6-8-17(16)15-30-9-11-31(12-10-30)22(33)18-13-21-28-19(23(2,3)4)14-20(24(25,26)27)32(21)29-18/h5-8,13-14H,9-12,15H2,1-4H3. The molecule has 1 aromatic carbocycles. The first kappa shape index (κ1) is 23.2. The first-order chi connectivity index (χ1) is 15.4. The molecular formula is C24H28F3N5O. The Kier molecular flexibility index (Phi) is 5.94. The molecule has 1 aliphatic heterocycles. The lowest BCUT2D eigenvalue weighted by molar-refractivity contribution is -0.142. The summed E-state index contributed by atoms with van der Waals surface area (Å²) in [6.45, 7) is 10.6. The van der Waals surface area contributed by atoms with Crippen LogP contribution in [0.15, 0.2) is 36.4 Å². The molecule has 0 N–H and O–H groups in total. The van der Waals surface area contributed by atoms with Gasteiger partial charge in [0, 0.05) is 44.2 Å². The van der Waals surface area contributed by atoms with Crippen molar-refractivity contribution >= 4 is 11.6 Å². The van der Waals surface area contributed by atoms with Crippen LogP contribution in [0.25, 0.3) is 5.65 Å². The number of alkyl halides is 3. The van der Waals surface area contributed by atoms with Gasteiger partial charge in [0.1, 0.15) is 5.69 Å². The monoisotopic (exact) mass is 459 g/mol. The van der Waals surface area contributed by atoms with Gasteiger partial charge in [-0.25, -0.2) is 9.50 Å². The summed E-state index contributed by atoms with van der Waals surface area (Å²) in [7, 11) is 0. The molecule has 0 atom stereocenters. The average Bonchev–Trinajstić information content (AvgIpc) is 3.17. The van der Waals surface area contributed by atoms with Crippen molar-refractivity contribution in [3.63, 3.8) is 0 Å². The Hall–Kier alpha value is -2.94. The van der Waals surface area contributed by atoms with Crippen LogP contribution in [0.1, 0.15) is 53.8 Å². The molecule has 1 saturated heterocycles. The van der Waals surface area contributed by atoms with Gasteiger partial charge in [0.25, 0.3) is 5.91 Å². The van der Waals surface area contributed by atoms with E-state index in [0.717, 1.165) is 17.1 Å². The van der Waals surface area contributed by atoms with Gasteiger partial charge in [-0.1, -0.05) is 45.0 Å². The Labute approximate surface area is 191 Å². The Bertz CT molecular complexity index is 1170. The van der Waals surface area contributed by atoms with Gasteiger partial charge in [-0.2, -0.15) is 18.3 Å². The van der Waals surface area contributed by atoms with E-state index >= 15 is 0 Å². The molecule has 33 heavy (non-hydrogen) atoms. The number of aryl methyl sites for hydroxylation is 1. The van der Waals surface area contributed by atoms with Crippen molar-refractivity contribution in [3.05, 3.63) is 64.6 Å². The normalized spacial score (nSPS) is 15.9. The van der Waals surface area contributed by atoms with Crippen LogP contribution in [0.3, 0.4) is 0 Å². The molecule has 0 bridgehead atoms. The smallest absolute Gasteiger partial charge is 0.335 e. The Morgan fingerprint density at radius 3 is 2.30 bits per heavy atom. The molecule has 0 spiro atoms. The molecule has 6 nitrogen and oxygen atoms in total. The Morgan fingerprint density at radius 2 is 1.70 bits per heavy atom. The van der Waals surface area contributed by atoms with Crippen LogP contribution in [0.2, 0.25) is 0 Å². The number of carbonyl (C=O) groups excluding carboxylic acids is 1. The number of halogens is 3. The Balaban J connectivity index is 1.53. The number of benzene rings is 1. The minimum atomic E-state index is -4.62.